The number of quaternary nitrogens is 1. The van der Waals surface area contributed by atoms with E-state index in [0.29, 0.717) is 23.0 Å². The number of methoxy groups -OCH3 is 2. The van der Waals surface area contributed by atoms with Gasteiger partial charge in [0, 0.05) is 19.0 Å². The van der Waals surface area contributed by atoms with E-state index >= 15 is 0 Å². The number of thiazole rings is 1. The number of nitrogens with zero attached hydrogens (tertiary/aromatic N) is 2. The average molecular weight is 401 g/mol. The molecule has 6 nitrogen and oxygen atoms in total. The van der Waals surface area contributed by atoms with Crippen LogP contribution in [0.25, 0.3) is 10.2 Å². The molecule has 0 saturated carbocycles. The van der Waals surface area contributed by atoms with Gasteiger partial charge < -0.3 is 14.4 Å². The summed E-state index contributed by atoms with van der Waals surface area (Å²) in [5.74, 6) is 1.22. The molecule has 28 heavy (non-hydrogen) atoms. The molecule has 7 heteroatoms. The summed E-state index contributed by atoms with van der Waals surface area (Å²) in [5, 5.41) is 0.688. The van der Waals surface area contributed by atoms with Crippen LogP contribution in [0.15, 0.2) is 42.5 Å². The second-order valence-corrected chi connectivity index (χ2v) is 7.81. The first-order valence-corrected chi connectivity index (χ1v) is 10.0. The molecular weight excluding hydrogens is 374 g/mol. The predicted molar refractivity (Wildman–Crippen MR) is 113 cm³/mol. The normalized spacial score (nSPS) is 11.0. The van der Waals surface area contributed by atoms with E-state index in [2.05, 4.69) is 14.1 Å². The molecule has 0 saturated heterocycles. The van der Waals surface area contributed by atoms with Crippen molar-refractivity contribution < 1.29 is 19.2 Å². The SMILES string of the molecule is COc1ccc2sc(N(CCC[NH+](C)C)C(=O)c3ccccc3OC)nc2c1. The highest BCUT2D eigenvalue weighted by Crippen LogP contribution is 2.33. The number of carbonyl (C=O) groups is 1. The first-order chi connectivity index (χ1) is 13.5. The fourth-order valence-electron chi connectivity index (χ4n) is 2.98. The number of anilines is 1. The van der Waals surface area contributed by atoms with Crippen LogP contribution < -0.4 is 19.3 Å². The molecule has 2 aromatic carbocycles. The van der Waals surface area contributed by atoms with Gasteiger partial charge in [0.05, 0.1) is 50.6 Å². The van der Waals surface area contributed by atoms with Crippen molar-refractivity contribution in [1.82, 2.24) is 4.98 Å². The van der Waals surface area contributed by atoms with E-state index in [1.807, 2.05) is 30.3 Å². The smallest absolute Gasteiger partial charge is 0.263 e. The van der Waals surface area contributed by atoms with Gasteiger partial charge in [0.2, 0.25) is 0 Å². The molecule has 0 unspecified atom stereocenters. The van der Waals surface area contributed by atoms with Crippen LogP contribution in [-0.4, -0.2) is 52.3 Å². The molecular formula is C21H26N3O3S+. The molecule has 0 aliphatic heterocycles. The first-order valence-electron chi connectivity index (χ1n) is 9.22. The van der Waals surface area contributed by atoms with Crippen molar-refractivity contribution in [1.29, 1.82) is 0 Å². The number of benzene rings is 2. The van der Waals surface area contributed by atoms with Gasteiger partial charge >= 0.3 is 0 Å². The molecule has 3 rings (SSSR count). The van der Waals surface area contributed by atoms with E-state index in [1.54, 1.807) is 31.3 Å². The van der Waals surface area contributed by atoms with Crippen molar-refractivity contribution in [2.24, 2.45) is 0 Å². The van der Waals surface area contributed by atoms with Crippen LogP contribution in [0.3, 0.4) is 0 Å². The maximum absolute atomic E-state index is 13.4. The highest BCUT2D eigenvalue weighted by molar-refractivity contribution is 7.22. The number of ether oxygens (including phenoxy) is 2. The Labute approximate surface area is 169 Å². The van der Waals surface area contributed by atoms with Gasteiger partial charge in [0.15, 0.2) is 5.13 Å². The molecule has 0 fully saturated rings. The van der Waals surface area contributed by atoms with Crippen LogP contribution in [0.4, 0.5) is 5.13 Å². The summed E-state index contributed by atoms with van der Waals surface area (Å²) in [4.78, 5) is 21.2. The minimum Gasteiger partial charge on any atom is -0.497 e. The summed E-state index contributed by atoms with van der Waals surface area (Å²) in [6, 6.07) is 13.1. The van der Waals surface area contributed by atoms with Crippen LogP contribution in [0.1, 0.15) is 16.8 Å². The fourth-order valence-corrected chi connectivity index (χ4v) is 3.95. The number of rotatable bonds is 8. The maximum Gasteiger partial charge on any atom is 0.263 e. The Morgan fingerprint density at radius 3 is 2.64 bits per heavy atom. The lowest BCUT2D eigenvalue weighted by molar-refractivity contribution is -0.858. The van der Waals surface area contributed by atoms with Gasteiger partial charge in [-0.1, -0.05) is 23.5 Å². The van der Waals surface area contributed by atoms with E-state index in [1.165, 1.54) is 16.2 Å². The number of carbonyl (C=O) groups excluding carboxylic acids is 1. The van der Waals surface area contributed by atoms with Crippen molar-refractivity contribution in [3.8, 4) is 11.5 Å². The summed E-state index contributed by atoms with van der Waals surface area (Å²) in [5.41, 5.74) is 1.37. The first kappa shape index (κ1) is 20.1. The zero-order valence-corrected chi connectivity index (χ0v) is 17.5. The number of hydrogen-bond acceptors (Lipinski definition) is 5. The lowest BCUT2D eigenvalue weighted by Crippen LogP contribution is -3.05. The largest absolute Gasteiger partial charge is 0.497 e. The third-order valence-corrected chi connectivity index (χ3v) is 5.51. The average Bonchev–Trinajstić information content (AvgIpc) is 3.13. The Morgan fingerprint density at radius 2 is 1.93 bits per heavy atom. The molecule has 0 atom stereocenters. The summed E-state index contributed by atoms with van der Waals surface area (Å²) < 4.78 is 11.7. The third kappa shape index (κ3) is 4.43. The topological polar surface area (TPSA) is 56.1 Å². The summed E-state index contributed by atoms with van der Waals surface area (Å²) in [6.45, 7) is 1.56. The molecule has 1 aromatic heterocycles. The van der Waals surface area contributed by atoms with Gasteiger partial charge in [-0.15, -0.1) is 0 Å². The monoisotopic (exact) mass is 400 g/mol. The summed E-state index contributed by atoms with van der Waals surface area (Å²) in [7, 11) is 7.43. The Bertz CT molecular complexity index is 955. The molecule has 1 heterocycles. The lowest BCUT2D eigenvalue weighted by Gasteiger charge is -2.21. The lowest BCUT2D eigenvalue weighted by atomic mass is 10.1. The molecule has 3 aromatic rings. The second-order valence-electron chi connectivity index (χ2n) is 6.80. The van der Waals surface area contributed by atoms with E-state index in [9.17, 15) is 4.79 Å². The molecule has 0 spiro atoms. The van der Waals surface area contributed by atoms with Crippen LogP contribution in [-0.2, 0) is 0 Å². The second kappa shape index (κ2) is 9.03. The molecule has 0 bridgehead atoms. The van der Waals surface area contributed by atoms with Gasteiger partial charge in [-0.05, 0) is 24.3 Å². The number of nitrogens with one attached hydrogen (secondary N) is 1. The molecule has 0 aliphatic rings. The van der Waals surface area contributed by atoms with Crippen LogP contribution in [0.2, 0.25) is 0 Å². The molecule has 0 aliphatic carbocycles. The van der Waals surface area contributed by atoms with Gasteiger partial charge in [0.1, 0.15) is 11.5 Å². The van der Waals surface area contributed by atoms with Gasteiger partial charge in [-0.25, -0.2) is 4.98 Å². The van der Waals surface area contributed by atoms with Crippen LogP contribution >= 0.6 is 11.3 Å². The van der Waals surface area contributed by atoms with Crippen molar-refractivity contribution in [2.75, 3.05) is 46.3 Å². The minimum atomic E-state index is -0.0998. The molecule has 148 valence electrons. The Kier molecular flexibility index (Phi) is 6.49. The Balaban J connectivity index is 1.97. The zero-order chi connectivity index (χ0) is 20.1. The van der Waals surface area contributed by atoms with Crippen LogP contribution in [0.5, 0.6) is 11.5 Å². The fraction of sp³-hybridized carbons (Fsp3) is 0.333. The summed E-state index contributed by atoms with van der Waals surface area (Å²) >= 11 is 1.51. The van der Waals surface area contributed by atoms with Crippen molar-refractivity contribution in [3.63, 3.8) is 0 Å². The Hall–Kier alpha value is -2.64. The third-order valence-electron chi connectivity index (χ3n) is 4.46. The maximum atomic E-state index is 13.4. The molecule has 1 amide bonds. The highest BCUT2D eigenvalue weighted by atomic mass is 32.1. The number of fused-ring (bicyclic) bond motifs is 1. The van der Waals surface area contributed by atoms with E-state index in [-0.39, 0.29) is 5.91 Å². The highest BCUT2D eigenvalue weighted by Gasteiger charge is 2.24. The minimum absolute atomic E-state index is 0.0998. The number of aromatic nitrogens is 1. The van der Waals surface area contributed by atoms with Gasteiger partial charge in [0.25, 0.3) is 5.91 Å². The number of amides is 1. The quantitative estimate of drug-likeness (QED) is 0.631. The molecule has 1 N–H and O–H groups in total. The van der Waals surface area contributed by atoms with Crippen molar-refractivity contribution >= 4 is 32.6 Å². The van der Waals surface area contributed by atoms with Gasteiger partial charge in [-0.3, -0.25) is 9.69 Å². The number of hydrogen-bond donors (Lipinski definition) is 1. The molecule has 0 radical (unpaired) electrons. The van der Waals surface area contributed by atoms with E-state index in [0.717, 1.165) is 28.9 Å². The van der Waals surface area contributed by atoms with Crippen molar-refractivity contribution in [3.05, 3.63) is 48.0 Å². The zero-order valence-electron chi connectivity index (χ0n) is 16.7. The van der Waals surface area contributed by atoms with Crippen molar-refractivity contribution in [2.45, 2.75) is 6.42 Å². The number of para-hydroxylation sites is 1. The van der Waals surface area contributed by atoms with Gasteiger partial charge in [-0.2, -0.15) is 0 Å². The standard InChI is InChI=1S/C21H25N3O3S/c1-23(2)12-7-13-24(20(25)16-8-5-6-9-18(16)27-4)21-22-17-14-15(26-3)10-11-19(17)28-21/h5-6,8-11,14H,7,12-13H2,1-4H3/p+1. The Morgan fingerprint density at radius 1 is 1.14 bits per heavy atom. The summed E-state index contributed by atoms with van der Waals surface area (Å²) in [6.07, 6.45) is 0.877. The predicted octanol–water partition coefficient (Wildman–Crippen LogP) is 2.49. The van der Waals surface area contributed by atoms with E-state index in [4.69, 9.17) is 14.5 Å². The van der Waals surface area contributed by atoms with E-state index < -0.39 is 0 Å². The van der Waals surface area contributed by atoms with Crippen LogP contribution in [0, 0.1) is 0 Å².